The molecule has 70 valence electrons. The van der Waals surface area contributed by atoms with Crippen LogP contribution in [0.3, 0.4) is 0 Å². The highest BCUT2D eigenvalue weighted by Gasteiger charge is 2.47. The molecule has 0 amide bonds. The number of likely N-dealkylation sites (N-methyl/N-ethyl adjacent to an activating group) is 1. The summed E-state index contributed by atoms with van der Waals surface area (Å²) in [5.41, 5.74) is 0. The molecule has 2 rings (SSSR count). The molecule has 0 aromatic heterocycles. The van der Waals surface area contributed by atoms with Gasteiger partial charge in [0.1, 0.15) is 0 Å². The van der Waals surface area contributed by atoms with Crippen LogP contribution >= 0.6 is 11.8 Å². The van der Waals surface area contributed by atoms with Crippen molar-refractivity contribution >= 4 is 18.2 Å². The van der Waals surface area contributed by atoms with Gasteiger partial charge >= 0.3 is 6.48 Å². The number of rotatable bonds is 0. The molecule has 0 atom stereocenters. The van der Waals surface area contributed by atoms with E-state index in [1.165, 1.54) is 30.7 Å². The van der Waals surface area contributed by atoms with Crippen molar-refractivity contribution in [3.8, 4) is 0 Å². The van der Waals surface area contributed by atoms with Crippen molar-refractivity contribution in [2.75, 3.05) is 38.8 Å². The zero-order valence-corrected chi connectivity index (χ0v) is 8.90. The Morgan fingerprint density at radius 1 is 1.25 bits per heavy atom. The lowest BCUT2D eigenvalue weighted by molar-refractivity contribution is -0.785. The van der Waals surface area contributed by atoms with Gasteiger partial charge in [-0.1, -0.05) is 12.6 Å². The molecule has 4 heteroatoms. The Hall–Kier alpha value is 0.335. The third-order valence-corrected chi connectivity index (χ3v) is 4.84. The van der Waals surface area contributed by atoms with Crippen molar-refractivity contribution in [3.63, 3.8) is 0 Å². The molecule has 0 unspecified atom stereocenters. The molecule has 0 saturated carbocycles. The molecule has 0 N–H and O–H groups in total. The van der Waals surface area contributed by atoms with Crippen molar-refractivity contribution in [2.24, 2.45) is 0 Å². The fourth-order valence-electron chi connectivity index (χ4n) is 2.59. The minimum atomic E-state index is -0.497. The lowest BCUT2D eigenvalue weighted by Crippen LogP contribution is -2.62. The number of hydrogen-bond acceptors (Lipinski definition) is 2. The van der Waals surface area contributed by atoms with Crippen LogP contribution in [-0.4, -0.2) is 49.6 Å². The van der Waals surface area contributed by atoms with Gasteiger partial charge in [0.2, 0.25) is 0 Å². The van der Waals surface area contributed by atoms with E-state index < -0.39 is 6.48 Å². The summed E-state index contributed by atoms with van der Waals surface area (Å²) in [4.78, 5) is 0. The van der Waals surface area contributed by atoms with E-state index >= 15 is 0 Å². The van der Waals surface area contributed by atoms with Crippen molar-refractivity contribution in [1.29, 1.82) is 0 Å². The lowest BCUT2D eigenvalue weighted by Gasteiger charge is -2.50. The minimum Gasteiger partial charge on any atom is -0.535 e. The van der Waals surface area contributed by atoms with Crippen LogP contribution in [0.15, 0.2) is 0 Å². The molecule has 2 fully saturated rings. The zero-order chi connectivity index (χ0) is 8.66. The van der Waals surface area contributed by atoms with E-state index in [-0.39, 0.29) is 0 Å². The topological polar surface area (TPSA) is 9.23 Å². The van der Waals surface area contributed by atoms with Gasteiger partial charge in [0.25, 0.3) is 0 Å². The maximum Gasteiger partial charge on any atom is 0.336 e. The van der Waals surface area contributed by atoms with E-state index in [2.05, 4.69) is 25.9 Å². The summed E-state index contributed by atoms with van der Waals surface area (Å²) in [7, 11) is 4.67. The van der Waals surface area contributed by atoms with Crippen molar-refractivity contribution in [3.05, 3.63) is 0 Å². The summed E-state index contributed by atoms with van der Waals surface area (Å²) in [5.74, 6) is 2.61. The number of thioether (sulfide) groups is 1. The summed E-state index contributed by atoms with van der Waals surface area (Å²) in [6, 6.07) is 0. The summed E-state index contributed by atoms with van der Waals surface area (Å²) < 4.78 is 7.16. The summed E-state index contributed by atoms with van der Waals surface area (Å²) in [5, 5.41) is 0. The summed E-state index contributed by atoms with van der Waals surface area (Å²) in [6.07, 6.45) is 2.61. The molecule has 0 aromatic carbocycles. The van der Waals surface area contributed by atoms with Gasteiger partial charge < -0.3 is 9.05 Å². The fourth-order valence-corrected chi connectivity index (χ4v) is 3.87. The Labute approximate surface area is 79.2 Å². The maximum absolute atomic E-state index is 6.02. The average molecular weight is 187 g/mol. The van der Waals surface area contributed by atoms with Crippen molar-refractivity contribution in [1.82, 2.24) is 0 Å². The molecule has 2 saturated heterocycles. The lowest BCUT2D eigenvalue weighted by atomic mass is 9.44. The molecule has 1 spiro atoms. The summed E-state index contributed by atoms with van der Waals surface area (Å²) in [6.45, 7) is 1.70. The normalized spacial score (nSPS) is 32.5. The van der Waals surface area contributed by atoms with Crippen LogP contribution in [-0.2, 0) is 4.65 Å². The Morgan fingerprint density at radius 2 is 1.92 bits per heavy atom. The van der Waals surface area contributed by atoms with E-state index in [1.54, 1.807) is 0 Å². The van der Waals surface area contributed by atoms with Crippen molar-refractivity contribution < 1.29 is 9.05 Å². The maximum atomic E-state index is 6.02. The van der Waals surface area contributed by atoms with Crippen LogP contribution < -0.4 is 0 Å². The van der Waals surface area contributed by atoms with Crippen LogP contribution in [0.2, 0.25) is 12.6 Å². The Bertz CT molecular complexity index is 180. The van der Waals surface area contributed by atoms with Gasteiger partial charge in [-0.3, -0.25) is 0 Å². The molecule has 0 bridgehead atoms. The van der Waals surface area contributed by atoms with Crippen LogP contribution in [0.25, 0.3) is 0 Å². The molecule has 2 heterocycles. The number of hydrogen-bond donors (Lipinski definition) is 0. The van der Waals surface area contributed by atoms with Crippen LogP contribution in [0.4, 0.5) is 0 Å². The monoisotopic (exact) mass is 187 g/mol. The zero-order valence-electron chi connectivity index (χ0n) is 8.08. The van der Waals surface area contributed by atoms with Gasteiger partial charge in [0.05, 0.1) is 13.2 Å². The second kappa shape index (κ2) is 2.93. The van der Waals surface area contributed by atoms with Crippen molar-refractivity contribution in [2.45, 2.75) is 12.6 Å². The Kier molecular flexibility index (Phi) is 2.17. The van der Waals surface area contributed by atoms with Gasteiger partial charge in [-0.15, -0.1) is 0 Å². The van der Waals surface area contributed by atoms with Gasteiger partial charge in [0.15, 0.2) is 0 Å². The molecule has 12 heavy (non-hydrogen) atoms. The predicted molar refractivity (Wildman–Crippen MR) is 55.6 cm³/mol. The van der Waals surface area contributed by atoms with E-state index in [0.29, 0.717) is 0 Å². The van der Waals surface area contributed by atoms with E-state index in [0.717, 1.165) is 11.0 Å². The Balaban J connectivity index is 2.17. The minimum absolute atomic E-state index is 0.497. The first-order chi connectivity index (χ1) is 5.66. The van der Waals surface area contributed by atoms with E-state index in [1.807, 2.05) is 0 Å². The highest BCUT2D eigenvalue weighted by Crippen LogP contribution is 2.37. The van der Waals surface area contributed by atoms with E-state index in [9.17, 15) is 0 Å². The molecule has 2 aliphatic heterocycles. The van der Waals surface area contributed by atoms with Crippen LogP contribution in [0.1, 0.15) is 0 Å². The Morgan fingerprint density at radius 3 is 2.42 bits per heavy atom. The van der Waals surface area contributed by atoms with Gasteiger partial charge in [-0.2, -0.15) is 11.8 Å². The largest absolute Gasteiger partial charge is 0.535 e. The van der Waals surface area contributed by atoms with Gasteiger partial charge in [-0.05, 0) is 11.5 Å². The van der Waals surface area contributed by atoms with Gasteiger partial charge in [-0.25, -0.2) is 0 Å². The smallest absolute Gasteiger partial charge is 0.336 e. The molecule has 2 aliphatic rings. The van der Waals surface area contributed by atoms with Gasteiger partial charge in [0, 0.05) is 14.1 Å². The summed E-state index contributed by atoms with van der Waals surface area (Å²) >= 11 is 2.08. The predicted octanol–water partition coefficient (Wildman–Crippen LogP) is 1.28. The highest BCUT2D eigenvalue weighted by atomic mass is 32.2. The number of quaternary nitrogens is 1. The molecular formula is C8H18BNOS. The highest BCUT2D eigenvalue weighted by molar-refractivity contribution is 7.99. The van der Waals surface area contributed by atoms with Crippen LogP contribution in [0, 0.1) is 0 Å². The first-order valence-corrected chi connectivity index (χ1v) is 6.04. The fraction of sp³-hybridized carbons (Fsp3) is 1.00. The SMILES string of the molecule is C[N+]1(C)CCO[B-]12CCSCC2. The second-order valence-electron chi connectivity index (χ2n) is 4.66. The second-order valence-corrected chi connectivity index (χ2v) is 5.88. The first kappa shape index (κ1) is 8.91. The standard InChI is InChI=1S/C8H18BNOS/c1-10(2)5-6-11-9(10)3-7-12-8-4-9/h3-8H2,1-2H3. The van der Waals surface area contributed by atoms with Crippen LogP contribution in [0.5, 0.6) is 0 Å². The molecule has 0 radical (unpaired) electrons. The third kappa shape index (κ3) is 1.21. The molecular weight excluding hydrogens is 169 g/mol. The number of nitrogens with zero attached hydrogens (tertiary/aromatic N) is 1. The quantitative estimate of drug-likeness (QED) is 0.528. The third-order valence-electron chi connectivity index (χ3n) is 3.80. The molecule has 0 aliphatic carbocycles. The van der Waals surface area contributed by atoms with E-state index in [4.69, 9.17) is 4.65 Å². The average Bonchev–Trinajstić information content (AvgIpc) is 2.30. The molecule has 0 aromatic rings. The molecule has 2 nitrogen and oxygen atoms in total. The first-order valence-electron chi connectivity index (χ1n) is 4.89.